The van der Waals surface area contributed by atoms with Crippen LogP contribution in [-0.4, -0.2) is 64.6 Å². The van der Waals surface area contributed by atoms with Gasteiger partial charge >= 0.3 is 0 Å². The average Bonchev–Trinajstić information content (AvgIpc) is 2.56. The van der Waals surface area contributed by atoms with Crippen LogP contribution in [0.15, 0.2) is 29.3 Å². The lowest BCUT2D eigenvalue weighted by Gasteiger charge is -2.13. The molecular weight excluding hydrogens is 417 g/mol. The van der Waals surface area contributed by atoms with E-state index in [4.69, 9.17) is 0 Å². The molecule has 0 aromatic heterocycles. The molecule has 0 saturated heterocycles. The second kappa shape index (κ2) is 13.0. The van der Waals surface area contributed by atoms with Crippen molar-refractivity contribution in [1.82, 2.24) is 20.9 Å². The third-order valence-corrected chi connectivity index (χ3v) is 3.42. The highest BCUT2D eigenvalue weighted by molar-refractivity contribution is 14.0. The molecule has 6 nitrogen and oxygen atoms in total. The number of carbonyl (C=O) groups excluding carboxylic acids is 1. The first-order chi connectivity index (χ1) is 11.1. The van der Waals surface area contributed by atoms with Crippen LogP contribution < -0.4 is 16.0 Å². The number of hydrogen-bond acceptors (Lipinski definition) is 3. The topological polar surface area (TPSA) is 68.8 Å². The number of halogens is 1. The van der Waals surface area contributed by atoms with Crippen molar-refractivity contribution >= 4 is 35.8 Å². The van der Waals surface area contributed by atoms with Crippen molar-refractivity contribution in [2.75, 3.05) is 47.8 Å². The van der Waals surface area contributed by atoms with E-state index in [1.165, 1.54) is 0 Å². The maximum absolute atomic E-state index is 11.6. The monoisotopic (exact) mass is 447 g/mol. The van der Waals surface area contributed by atoms with Crippen LogP contribution in [0.5, 0.6) is 0 Å². The fourth-order valence-electron chi connectivity index (χ4n) is 2.16. The van der Waals surface area contributed by atoms with Gasteiger partial charge in [0, 0.05) is 32.7 Å². The second-order valence-corrected chi connectivity index (χ2v) is 5.61. The lowest BCUT2D eigenvalue weighted by Crippen LogP contribution is -2.39. The minimum absolute atomic E-state index is 0. The summed E-state index contributed by atoms with van der Waals surface area (Å²) in [5, 5.41) is 9.23. The summed E-state index contributed by atoms with van der Waals surface area (Å²) in [6.07, 6.45) is 1.91. The molecule has 1 rings (SSSR count). The largest absolute Gasteiger partial charge is 0.356 e. The molecule has 0 heterocycles. The first-order valence-electron chi connectivity index (χ1n) is 7.97. The number of aliphatic imine (C=N–C) groups is 1. The molecule has 1 aromatic rings. The third-order valence-electron chi connectivity index (χ3n) is 3.42. The number of guanidine groups is 1. The highest BCUT2D eigenvalue weighted by atomic mass is 127. The van der Waals surface area contributed by atoms with Crippen LogP contribution in [0.1, 0.15) is 22.3 Å². The summed E-state index contributed by atoms with van der Waals surface area (Å²) >= 11 is 0. The molecule has 0 aliphatic heterocycles. The lowest BCUT2D eigenvalue weighted by molar-refractivity contribution is 0.0963. The van der Waals surface area contributed by atoms with E-state index in [1.807, 2.05) is 24.3 Å². The number of nitrogens with one attached hydrogen (secondary N) is 3. The molecule has 0 aliphatic rings. The van der Waals surface area contributed by atoms with Gasteiger partial charge in [-0.25, -0.2) is 0 Å². The van der Waals surface area contributed by atoms with Crippen molar-refractivity contribution in [3.05, 3.63) is 35.4 Å². The number of hydrogen-bond donors (Lipinski definition) is 3. The maximum atomic E-state index is 11.6. The van der Waals surface area contributed by atoms with E-state index in [0.29, 0.717) is 5.56 Å². The first kappa shape index (κ1) is 22.6. The summed E-state index contributed by atoms with van der Waals surface area (Å²) in [7, 11) is 7.55. The molecule has 7 heteroatoms. The SMILES string of the molecule is CN=C(NCCCN(C)C)NCCc1cccc(C(=O)NC)c1.I. The van der Waals surface area contributed by atoms with E-state index in [9.17, 15) is 4.79 Å². The molecule has 1 aromatic carbocycles. The van der Waals surface area contributed by atoms with Gasteiger partial charge in [-0.15, -0.1) is 24.0 Å². The number of nitrogens with zero attached hydrogens (tertiary/aromatic N) is 2. The van der Waals surface area contributed by atoms with Gasteiger partial charge in [0.25, 0.3) is 5.91 Å². The molecule has 0 atom stereocenters. The molecule has 1 amide bonds. The Balaban J connectivity index is 0.00000529. The van der Waals surface area contributed by atoms with Gasteiger partial charge in [0.1, 0.15) is 0 Å². The predicted octanol–water partition coefficient (Wildman–Crippen LogP) is 1.32. The molecule has 0 aliphatic carbocycles. The predicted molar refractivity (Wildman–Crippen MR) is 111 cm³/mol. The van der Waals surface area contributed by atoms with Gasteiger partial charge < -0.3 is 20.9 Å². The first-order valence-corrected chi connectivity index (χ1v) is 7.97. The zero-order valence-electron chi connectivity index (χ0n) is 15.1. The van der Waals surface area contributed by atoms with Crippen LogP contribution in [0, 0.1) is 0 Å². The van der Waals surface area contributed by atoms with E-state index in [1.54, 1.807) is 14.1 Å². The zero-order valence-corrected chi connectivity index (χ0v) is 17.4. The molecule has 24 heavy (non-hydrogen) atoms. The van der Waals surface area contributed by atoms with Gasteiger partial charge in [0.15, 0.2) is 5.96 Å². The van der Waals surface area contributed by atoms with E-state index >= 15 is 0 Å². The molecule has 136 valence electrons. The third kappa shape index (κ3) is 9.07. The van der Waals surface area contributed by atoms with Crippen LogP contribution in [-0.2, 0) is 6.42 Å². The van der Waals surface area contributed by atoms with Crippen molar-refractivity contribution in [1.29, 1.82) is 0 Å². The lowest BCUT2D eigenvalue weighted by atomic mass is 10.1. The van der Waals surface area contributed by atoms with Gasteiger partial charge in [0.2, 0.25) is 0 Å². The van der Waals surface area contributed by atoms with Crippen molar-refractivity contribution in [2.24, 2.45) is 4.99 Å². The number of amides is 1. The van der Waals surface area contributed by atoms with Crippen LogP contribution in [0.4, 0.5) is 0 Å². The molecular formula is C17H30IN5O. The number of carbonyl (C=O) groups is 1. The summed E-state index contributed by atoms with van der Waals surface area (Å²) in [5.41, 5.74) is 1.82. The minimum atomic E-state index is -0.0572. The Labute approximate surface area is 162 Å². The fourth-order valence-corrected chi connectivity index (χ4v) is 2.16. The van der Waals surface area contributed by atoms with Crippen LogP contribution in [0.25, 0.3) is 0 Å². The van der Waals surface area contributed by atoms with Crippen LogP contribution >= 0.6 is 24.0 Å². The average molecular weight is 447 g/mol. The van der Waals surface area contributed by atoms with Crippen molar-refractivity contribution in [2.45, 2.75) is 12.8 Å². The van der Waals surface area contributed by atoms with Gasteiger partial charge in [-0.1, -0.05) is 12.1 Å². The van der Waals surface area contributed by atoms with Crippen LogP contribution in [0.3, 0.4) is 0 Å². The molecule has 0 unspecified atom stereocenters. The highest BCUT2D eigenvalue weighted by Gasteiger charge is 2.04. The van der Waals surface area contributed by atoms with E-state index in [0.717, 1.165) is 44.0 Å². The summed E-state index contributed by atoms with van der Waals surface area (Å²) in [4.78, 5) is 18.0. The van der Waals surface area contributed by atoms with Crippen molar-refractivity contribution in [3.8, 4) is 0 Å². The Morgan fingerprint density at radius 1 is 1.21 bits per heavy atom. The summed E-state index contributed by atoms with van der Waals surface area (Å²) in [6, 6.07) is 7.68. The number of rotatable bonds is 8. The van der Waals surface area contributed by atoms with Gasteiger partial charge in [-0.05, 0) is 51.2 Å². The molecule has 0 fully saturated rings. The molecule has 0 spiro atoms. The maximum Gasteiger partial charge on any atom is 0.251 e. The Hall–Kier alpha value is -1.35. The molecule has 0 radical (unpaired) electrons. The van der Waals surface area contributed by atoms with Gasteiger partial charge in [-0.3, -0.25) is 9.79 Å². The second-order valence-electron chi connectivity index (χ2n) is 5.61. The van der Waals surface area contributed by atoms with Crippen molar-refractivity contribution < 1.29 is 4.79 Å². The number of benzene rings is 1. The Morgan fingerprint density at radius 2 is 1.92 bits per heavy atom. The van der Waals surface area contributed by atoms with Crippen molar-refractivity contribution in [3.63, 3.8) is 0 Å². The summed E-state index contributed by atoms with van der Waals surface area (Å²) < 4.78 is 0. The van der Waals surface area contributed by atoms with Gasteiger partial charge in [-0.2, -0.15) is 0 Å². The Kier molecular flexibility index (Phi) is 12.3. The normalized spacial score (nSPS) is 11.0. The summed E-state index contributed by atoms with van der Waals surface area (Å²) in [6.45, 7) is 2.71. The highest BCUT2D eigenvalue weighted by Crippen LogP contribution is 2.05. The standard InChI is InChI=1S/C17H29N5O.HI/c1-18-16(23)15-8-5-7-14(13-15)9-11-21-17(19-2)20-10-6-12-22(3)4;/h5,7-8,13H,6,9-12H2,1-4H3,(H,18,23)(H2,19,20,21);1H. The van der Waals surface area contributed by atoms with E-state index < -0.39 is 0 Å². The van der Waals surface area contributed by atoms with E-state index in [2.05, 4.69) is 39.9 Å². The minimum Gasteiger partial charge on any atom is -0.356 e. The van der Waals surface area contributed by atoms with Crippen LogP contribution in [0.2, 0.25) is 0 Å². The summed E-state index contributed by atoms with van der Waals surface area (Å²) in [5.74, 6) is 0.754. The Morgan fingerprint density at radius 3 is 2.54 bits per heavy atom. The fraction of sp³-hybridized carbons (Fsp3) is 0.529. The Bertz CT molecular complexity index is 519. The quantitative estimate of drug-likeness (QED) is 0.244. The van der Waals surface area contributed by atoms with E-state index in [-0.39, 0.29) is 29.9 Å². The molecule has 0 saturated carbocycles. The molecule has 3 N–H and O–H groups in total. The van der Waals surface area contributed by atoms with Gasteiger partial charge in [0.05, 0.1) is 0 Å². The smallest absolute Gasteiger partial charge is 0.251 e. The zero-order chi connectivity index (χ0) is 17.1. The molecule has 0 bridgehead atoms.